The summed E-state index contributed by atoms with van der Waals surface area (Å²) in [5, 5.41) is 12.7. The normalized spacial score (nSPS) is 19.4. The van der Waals surface area contributed by atoms with Gasteiger partial charge in [-0.2, -0.15) is 0 Å². The van der Waals surface area contributed by atoms with Crippen molar-refractivity contribution in [3.05, 3.63) is 17.6 Å². The van der Waals surface area contributed by atoms with Crippen LogP contribution in [0, 0.1) is 12.8 Å². The largest absolute Gasteiger partial charge is 0.393 e. The molecule has 2 N–H and O–H groups in total. The summed E-state index contributed by atoms with van der Waals surface area (Å²) in [4.78, 5) is 11.3. The summed E-state index contributed by atoms with van der Waals surface area (Å²) in [5.41, 5.74) is 0.994. The molecule has 1 fully saturated rings. The van der Waals surface area contributed by atoms with E-state index in [-0.39, 0.29) is 6.10 Å². The SMILES string of the molecule is CNc1cc(C)nc(CN2CCC(C(C)O)CC2)n1. The highest BCUT2D eigenvalue weighted by Gasteiger charge is 2.23. The fourth-order valence-corrected chi connectivity index (χ4v) is 2.62. The summed E-state index contributed by atoms with van der Waals surface area (Å²) in [7, 11) is 1.87. The zero-order valence-corrected chi connectivity index (χ0v) is 12.1. The summed E-state index contributed by atoms with van der Waals surface area (Å²) in [6, 6.07) is 1.95. The van der Waals surface area contributed by atoms with Crippen molar-refractivity contribution in [2.75, 3.05) is 25.5 Å². The van der Waals surface area contributed by atoms with Crippen molar-refractivity contribution in [2.24, 2.45) is 5.92 Å². The molecule has 0 aliphatic carbocycles. The predicted octanol–water partition coefficient (Wildman–Crippen LogP) is 1.42. The molecular weight excluding hydrogens is 240 g/mol. The standard InChI is InChI=1S/C14H24N4O/c1-10-8-13(15-3)17-14(16-10)9-18-6-4-12(5-7-18)11(2)19/h8,11-12,19H,4-7,9H2,1-3H3,(H,15,16,17). The molecule has 1 saturated heterocycles. The molecular formula is C14H24N4O. The highest BCUT2D eigenvalue weighted by Crippen LogP contribution is 2.21. The Bertz CT molecular complexity index is 414. The van der Waals surface area contributed by atoms with Gasteiger partial charge in [-0.05, 0) is 45.7 Å². The number of aromatic nitrogens is 2. The van der Waals surface area contributed by atoms with Gasteiger partial charge in [0.25, 0.3) is 0 Å². The summed E-state index contributed by atoms with van der Waals surface area (Å²) in [6.07, 6.45) is 1.93. The van der Waals surface area contributed by atoms with Crippen molar-refractivity contribution in [1.82, 2.24) is 14.9 Å². The summed E-state index contributed by atoms with van der Waals surface area (Å²) in [5.74, 6) is 2.20. The molecule has 1 aromatic heterocycles. The summed E-state index contributed by atoms with van der Waals surface area (Å²) in [6.45, 7) is 6.71. The molecule has 19 heavy (non-hydrogen) atoms. The summed E-state index contributed by atoms with van der Waals surface area (Å²) >= 11 is 0. The predicted molar refractivity (Wildman–Crippen MR) is 76.0 cm³/mol. The van der Waals surface area contributed by atoms with E-state index in [1.807, 2.05) is 27.0 Å². The number of aliphatic hydroxyl groups is 1. The number of anilines is 1. The lowest BCUT2D eigenvalue weighted by Gasteiger charge is -2.32. The molecule has 5 nitrogen and oxygen atoms in total. The van der Waals surface area contributed by atoms with Crippen LogP contribution < -0.4 is 5.32 Å². The maximum atomic E-state index is 9.61. The first-order chi connectivity index (χ1) is 9.08. The number of rotatable bonds is 4. The van der Waals surface area contributed by atoms with E-state index < -0.39 is 0 Å². The number of likely N-dealkylation sites (tertiary alicyclic amines) is 1. The molecule has 1 aliphatic heterocycles. The Morgan fingerprint density at radius 3 is 2.68 bits per heavy atom. The third kappa shape index (κ3) is 3.88. The van der Waals surface area contributed by atoms with Crippen LogP contribution in [0.4, 0.5) is 5.82 Å². The van der Waals surface area contributed by atoms with Gasteiger partial charge in [0, 0.05) is 18.8 Å². The highest BCUT2D eigenvalue weighted by atomic mass is 16.3. The van der Waals surface area contributed by atoms with E-state index in [0.717, 1.165) is 49.8 Å². The first-order valence-electron chi connectivity index (χ1n) is 7.01. The van der Waals surface area contributed by atoms with Crippen molar-refractivity contribution in [3.63, 3.8) is 0 Å². The van der Waals surface area contributed by atoms with Gasteiger partial charge in [-0.15, -0.1) is 0 Å². The zero-order chi connectivity index (χ0) is 13.8. The van der Waals surface area contributed by atoms with Gasteiger partial charge in [0.1, 0.15) is 11.6 Å². The van der Waals surface area contributed by atoms with Crippen molar-refractivity contribution < 1.29 is 5.11 Å². The molecule has 0 aromatic carbocycles. The van der Waals surface area contributed by atoms with Crippen LogP contribution in [0.25, 0.3) is 0 Å². The number of aliphatic hydroxyl groups excluding tert-OH is 1. The number of aryl methyl sites for hydroxylation is 1. The molecule has 1 unspecified atom stereocenters. The van der Waals surface area contributed by atoms with E-state index in [4.69, 9.17) is 0 Å². The average molecular weight is 264 g/mol. The lowest BCUT2D eigenvalue weighted by Crippen LogP contribution is -2.37. The zero-order valence-electron chi connectivity index (χ0n) is 12.1. The van der Waals surface area contributed by atoms with Gasteiger partial charge in [0.05, 0.1) is 12.6 Å². The maximum absolute atomic E-state index is 9.61. The summed E-state index contributed by atoms with van der Waals surface area (Å²) < 4.78 is 0. The topological polar surface area (TPSA) is 61.3 Å². The van der Waals surface area contributed by atoms with Crippen LogP contribution in [-0.2, 0) is 6.54 Å². The van der Waals surface area contributed by atoms with Crippen molar-refractivity contribution >= 4 is 5.82 Å². The molecule has 0 radical (unpaired) electrons. The number of hydrogen-bond acceptors (Lipinski definition) is 5. The van der Waals surface area contributed by atoms with Crippen molar-refractivity contribution in [3.8, 4) is 0 Å². The van der Waals surface area contributed by atoms with Crippen LogP contribution >= 0.6 is 0 Å². The van der Waals surface area contributed by atoms with Gasteiger partial charge in [-0.25, -0.2) is 9.97 Å². The lowest BCUT2D eigenvalue weighted by atomic mass is 9.92. The van der Waals surface area contributed by atoms with Crippen molar-refractivity contribution in [2.45, 2.75) is 39.3 Å². The van der Waals surface area contributed by atoms with Gasteiger partial charge in [0.2, 0.25) is 0 Å². The Balaban J connectivity index is 1.93. The maximum Gasteiger partial charge on any atom is 0.144 e. The van der Waals surface area contributed by atoms with Gasteiger partial charge < -0.3 is 10.4 Å². The Kier molecular flexibility index (Phi) is 4.71. The van der Waals surface area contributed by atoms with Crippen LogP contribution in [0.2, 0.25) is 0 Å². The molecule has 2 rings (SSSR count). The van der Waals surface area contributed by atoms with E-state index in [1.165, 1.54) is 0 Å². The fraction of sp³-hybridized carbons (Fsp3) is 0.714. The van der Waals surface area contributed by atoms with E-state index in [9.17, 15) is 5.11 Å². The van der Waals surface area contributed by atoms with Crippen LogP contribution in [0.3, 0.4) is 0 Å². The van der Waals surface area contributed by atoms with Crippen LogP contribution in [0.5, 0.6) is 0 Å². The van der Waals surface area contributed by atoms with E-state index in [1.54, 1.807) is 0 Å². The van der Waals surface area contributed by atoms with Crippen molar-refractivity contribution in [1.29, 1.82) is 0 Å². The third-order valence-electron chi connectivity index (χ3n) is 3.84. The number of hydrogen-bond donors (Lipinski definition) is 2. The van der Waals surface area contributed by atoms with Gasteiger partial charge >= 0.3 is 0 Å². The molecule has 0 amide bonds. The second-order valence-electron chi connectivity index (χ2n) is 5.41. The lowest BCUT2D eigenvalue weighted by molar-refractivity contribution is 0.0687. The van der Waals surface area contributed by atoms with Crippen LogP contribution in [0.1, 0.15) is 31.3 Å². The Morgan fingerprint density at radius 2 is 2.11 bits per heavy atom. The monoisotopic (exact) mass is 264 g/mol. The smallest absolute Gasteiger partial charge is 0.144 e. The number of nitrogens with zero attached hydrogens (tertiary/aromatic N) is 3. The van der Waals surface area contributed by atoms with Gasteiger partial charge in [-0.1, -0.05) is 0 Å². The minimum absolute atomic E-state index is 0.187. The molecule has 0 saturated carbocycles. The van der Waals surface area contributed by atoms with E-state index in [2.05, 4.69) is 20.2 Å². The Morgan fingerprint density at radius 1 is 1.42 bits per heavy atom. The highest BCUT2D eigenvalue weighted by molar-refractivity contribution is 5.34. The second kappa shape index (κ2) is 6.30. The van der Waals surface area contributed by atoms with Gasteiger partial charge in [-0.3, -0.25) is 4.90 Å². The quantitative estimate of drug-likeness (QED) is 0.861. The fourth-order valence-electron chi connectivity index (χ4n) is 2.62. The third-order valence-corrected chi connectivity index (χ3v) is 3.84. The number of piperidine rings is 1. The van der Waals surface area contributed by atoms with E-state index in [0.29, 0.717) is 5.92 Å². The molecule has 1 aromatic rings. The van der Waals surface area contributed by atoms with E-state index >= 15 is 0 Å². The molecule has 1 aliphatic rings. The Hall–Kier alpha value is -1.20. The molecule has 0 spiro atoms. The van der Waals surface area contributed by atoms with Crippen LogP contribution in [-0.4, -0.2) is 46.2 Å². The average Bonchev–Trinajstić information content (AvgIpc) is 2.38. The Labute approximate surface area is 115 Å². The van der Waals surface area contributed by atoms with Gasteiger partial charge in [0.15, 0.2) is 0 Å². The molecule has 2 heterocycles. The number of nitrogens with one attached hydrogen (secondary N) is 1. The first kappa shape index (κ1) is 14.2. The molecule has 1 atom stereocenters. The first-order valence-corrected chi connectivity index (χ1v) is 7.01. The molecule has 106 valence electrons. The minimum Gasteiger partial charge on any atom is -0.393 e. The molecule has 5 heteroatoms. The minimum atomic E-state index is -0.187. The second-order valence-corrected chi connectivity index (χ2v) is 5.41. The van der Waals surface area contributed by atoms with Crippen LogP contribution in [0.15, 0.2) is 6.07 Å². The molecule has 0 bridgehead atoms.